The van der Waals surface area contributed by atoms with Crippen LogP contribution in [0.25, 0.3) is 10.8 Å². The third kappa shape index (κ3) is 3.09. The van der Waals surface area contributed by atoms with Gasteiger partial charge >= 0.3 is 0 Å². The zero-order valence-electron chi connectivity index (χ0n) is 22.4. The molecule has 9 rings (SSSR count). The van der Waals surface area contributed by atoms with Crippen LogP contribution in [0.3, 0.4) is 0 Å². The Morgan fingerprint density at radius 1 is 0.732 bits per heavy atom. The van der Waals surface area contributed by atoms with Crippen LogP contribution in [0, 0.1) is 11.8 Å². The van der Waals surface area contributed by atoms with Gasteiger partial charge in [-0.2, -0.15) is 0 Å². The van der Waals surface area contributed by atoms with E-state index in [1.807, 2.05) is 97.2 Å². The van der Waals surface area contributed by atoms with Crippen molar-refractivity contribution >= 4 is 40.2 Å². The van der Waals surface area contributed by atoms with Crippen LogP contribution in [0.1, 0.15) is 28.2 Å². The number of benzene rings is 5. The third-order valence-electron chi connectivity index (χ3n) is 9.18. The molecule has 5 nitrogen and oxygen atoms in total. The Hall–Kier alpha value is -5.03. The molecule has 198 valence electrons. The van der Waals surface area contributed by atoms with E-state index in [0.717, 1.165) is 33.0 Å². The third-order valence-corrected chi connectivity index (χ3v) is 9.18. The lowest BCUT2D eigenvalue weighted by molar-refractivity contribution is -0.122. The number of imide groups is 1. The van der Waals surface area contributed by atoms with Crippen LogP contribution in [0.4, 0.5) is 11.4 Å². The molecule has 5 aromatic rings. The molecule has 2 atom stereocenters. The topological polar surface area (TPSA) is 59.0 Å². The summed E-state index contributed by atoms with van der Waals surface area (Å²) in [5.41, 5.74) is 4.61. The van der Waals surface area contributed by atoms with Gasteiger partial charge in [-0.25, -0.2) is 4.90 Å². The number of hydrogen-bond acceptors (Lipinski definition) is 4. The standard InChI is InChI=1S/C36H26N2O3/c1-41-30-20-9-8-18-28(30)37-21-36-26-16-6-4-14-24(26)31(25-15-5-7-17-27(25)36)32-33(36)35(40)38(34(32)39)29-19-10-12-22-11-2-3-13-23(22)29/h2-21,31-33H,1H3/t31?,32-,33+,36?/m0/s1. The van der Waals surface area contributed by atoms with Crippen LogP contribution in [0.5, 0.6) is 5.75 Å². The Morgan fingerprint density at radius 2 is 1.37 bits per heavy atom. The average molecular weight is 535 g/mol. The minimum Gasteiger partial charge on any atom is -0.494 e. The van der Waals surface area contributed by atoms with Gasteiger partial charge in [0.05, 0.1) is 30.0 Å². The predicted molar refractivity (Wildman–Crippen MR) is 160 cm³/mol. The highest BCUT2D eigenvalue weighted by Crippen LogP contribution is 2.64. The van der Waals surface area contributed by atoms with Gasteiger partial charge in [-0.05, 0) is 45.8 Å². The SMILES string of the molecule is COc1ccccc1N=CC12c3ccccc3C(c3ccccc31)[C@@H]1C(=O)N(c3cccc4ccccc34)C(=O)[C@@H]12. The number of carbonyl (C=O) groups excluding carboxylic acids is 2. The van der Waals surface area contributed by atoms with E-state index in [9.17, 15) is 9.59 Å². The molecule has 41 heavy (non-hydrogen) atoms. The van der Waals surface area contributed by atoms with Crippen LogP contribution < -0.4 is 9.64 Å². The number of hydrogen-bond donors (Lipinski definition) is 0. The smallest absolute Gasteiger partial charge is 0.239 e. The Bertz CT molecular complexity index is 1870. The number of aliphatic imine (C=N–C) groups is 1. The summed E-state index contributed by atoms with van der Waals surface area (Å²) in [4.78, 5) is 35.8. The van der Waals surface area contributed by atoms with Gasteiger partial charge in [0, 0.05) is 17.5 Å². The highest BCUT2D eigenvalue weighted by molar-refractivity contribution is 6.27. The van der Waals surface area contributed by atoms with Crippen molar-refractivity contribution in [1.29, 1.82) is 0 Å². The van der Waals surface area contributed by atoms with Crippen molar-refractivity contribution in [3.05, 3.63) is 138 Å². The molecule has 5 aromatic carbocycles. The molecular formula is C36H26N2O3. The van der Waals surface area contributed by atoms with Gasteiger partial charge in [0.1, 0.15) is 11.4 Å². The number of amides is 2. The number of anilines is 1. The van der Waals surface area contributed by atoms with Gasteiger partial charge < -0.3 is 4.74 Å². The molecule has 3 aliphatic carbocycles. The maximum Gasteiger partial charge on any atom is 0.239 e. The fourth-order valence-corrected chi connectivity index (χ4v) is 7.60. The van der Waals surface area contributed by atoms with Crippen LogP contribution >= 0.6 is 0 Å². The minimum atomic E-state index is -0.931. The quantitative estimate of drug-likeness (QED) is 0.188. The lowest BCUT2D eigenvalue weighted by Gasteiger charge is -2.52. The summed E-state index contributed by atoms with van der Waals surface area (Å²) in [5.74, 6) is -1.09. The molecule has 1 fully saturated rings. The first-order valence-corrected chi connectivity index (χ1v) is 13.9. The number of methoxy groups -OCH3 is 1. The van der Waals surface area contributed by atoms with Crippen LogP contribution in [0.15, 0.2) is 120 Å². The van der Waals surface area contributed by atoms with E-state index in [1.165, 1.54) is 4.90 Å². The normalized spacial score (nSPS) is 24.0. The van der Waals surface area contributed by atoms with Gasteiger partial charge in [-0.1, -0.05) is 97.1 Å². The summed E-state index contributed by atoms with van der Waals surface area (Å²) < 4.78 is 5.60. The number of ether oxygens (including phenoxy) is 1. The first-order valence-electron chi connectivity index (χ1n) is 13.9. The van der Waals surface area contributed by atoms with E-state index >= 15 is 0 Å². The maximum atomic E-state index is 14.8. The highest BCUT2D eigenvalue weighted by atomic mass is 16.5. The second kappa shape index (κ2) is 8.73. The predicted octanol–water partition coefficient (Wildman–Crippen LogP) is 6.80. The Balaban J connectivity index is 1.40. The molecule has 0 saturated carbocycles. The summed E-state index contributed by atoms with van der Waals surface area (Å²) in [6.07, 6.45) is 1.91. The summed E-state index contributed by atoms with van der Waals surface area (Å²) in [7, 11) is 1.63. The van der Waals surface area contributed by atoms with Crippen molar-refractivity contribution in [1.82, 2.24) is 0 Å². The number of rotatable bonds is 4. The van der Waals surface area contributed by atoms with E-state index in [-0.39, 0.29) is 17.7 Å². The number of para-hydroxylation sites is 2. The molecule has 1 aliphatic heterocycles. The first-order chi connectivity index (χ1) is 20.1. The van der Waals surface area contributed by atoms with Gasteiger partial charge in [0.2, 0.25) is 11.8 Å². The van der Waals surface area contributed by atoms with Crippen molar-refractivity contribution in [2.24, 2.45) is 16.8 Å². The van der Waals surface area contributed by atoms with Crippen molar-refractivity contribution < 1.29 is 14.3 Å². The molecule has 0 spiro atoms. The zero-order valence-corrected chi connectivity index (χ0v) is 22.4. The van der Waals surface area contributed by atoms with Crippen LogP contribution in [-0.2, 0) is 15.0 Å². The molecule has 2 bridgehead atoms. The highest BCUT2D eigenvalue weighted by Gasteiger charge is 2.68. The molecular weight excluding hydrogens is 508 g/mol. The summed E-state index contributed by atoms with van der Waals surface area (Å²) in [6, 6.07) is 37.8. The van der Waals surface area contributed by atoms with Gasteiger partial charge in [0.15, 0.2) is 0 Å². The van der Waals surface area contributed by atoms with Crippen LogP contribution in [-0.4, -0.2) is 25.1 Å². The molecule has 4 aliphatic rings. The van der Waals surface area contributed by atoms with Crippen LogP contribution in [0.2, 0.25) is 0 Å². The second-order valence-electron chi connectivity index (χ2n) is 11.0. The largest absolute Gasteiger partial charge is 0.494 e. The second-order valence-corrected chi connectivity index (χ2v) is 11.0. The molecule has 2 amide bonds. The first kappa shape index (κ1) is 23.8. The number of carbonyl (C=O) groups is 2. The average Bonchev–Trinajstić information content (AvgIpc) is 3.30. The minimum absolute atomic E-state index is 0.152. The molecule has 0 N–H and O–H groups in total. The monoisotopic (exact) mass is 534 g/mol. The Kier molecular flexibility index (Phi) is 5.08. The van der Waals surface area contributed by atoms with Crippen molar-refractivity contribution in [2.75, 3.05) is 12.0 Å². The zero-order chi connectivity index (χ0) is 27.7. The Labute approximate surface area is 237 Å². The van der Waals surface area contributed by atoms with Gasteiger partial charge in [-0.15, -0.1) is 0 Å². The summed E-state index contributed by atoms with van der Waals surface area (Å²) >= 11 is 0. The fraction of sp³-hybridized carbons (Fsp3) is 0.139. The van der Waals surface area contributed by atoms with Gasteiger partial charge in [-0.3, -0.25) is 14.6 Å². The van der Waals surface area contributed by atoms with E-state index in [2.05, 4.69) is 24.3 Å². The number of nitrogens with zero attached hydrogens (tertiary/aromatic N) is 2. The van der Waals surface area contributed by atoms with E-state index in [0.29, 0.717) is 17.1 Å². The maximum absolute atomic E-state index is 14.8. The molecule has 1 saturated heterocycles. The van der Waals surface area contributed by atoms with Gasteiger partial charge in [0.25, 0.3) is 0 Å². The number of fused-ring (bicyclic) bond motifs is 1. The summed E-state index contributed by atoms with van der Waals surface area (Å²) in [5, 5.41) is 1.87. The molecule has 1 heterocycles. The lowest BCUT2D eigenvalue weighted by Crippen LogP contribution is -2.54. The molecule has 0 unspecified atom stereocenters. The molecule has 5 heteroatoms. The van der Waals surface area contributed by atoms with Crippen molar-refractivity contribution in [2.45, 2.75) is 11.3 Å². The fourth-order valence-electron chi connectivity index (χ4n) is 7.60. The molecule has 0 radical (unpaired) electrons. The summed E-state index contributed by atoms with van der Waals surface area (Å²) in [6.45, 7) is 0. The molecule has 0 aromatic heterocycles. The lowest BCUT2D eigenvalue weighted by atomic mass is 9.47. The van der Waals surface area contributed by atoms with E-state index in [4.69, 9.17) is 9.73 Å². The Morgan fingerprint density at radius 3 is 2.12 bits per heavy atom. The van der Waals surface area contributed by atoms with E-state index < -0.39 is 17.3 Å². The van der Waals surface area contributed by atoms with Crippen molar-refractivity contribution in [3.8, 4) is 5.75 Å². The van der Waals surface area contributed by atoms with E-state index in [1.54, 1.807) is 7.11 Å². The van der Waals surface area contributed by atoms with Crippen molar-refractivity contribution in [3.63, 3.8) is 0 Å².